The first kappa shape index (κ1) is 13.2. The van der Waals surface area contributed by atoms with E-state index in [1.165, 1.54) is 11.3 Å². The van der Waals surface area contributed by atoms with E-state index >= 15 is 0 Å². The van der Waals surface area contributed by atoms with Gasteiger partial charge in [0.25, 0.3) is 0 Å². The van der Waals surface area contributed by atoms with Gasteiger partial charge in [-0.1, -0.05) is 13.8 Å². The summed E-state index contributed by atoms with van der Waals surface area (Å²) in [6, 6.07) is 5.93. The molecule has 0 saturated carbocycles. The fourth-order valence-electron chi connectivity index (χ4n) is 1.33. The SMILES string of the molecule is CC(C)C(O)CCNCc1ccc(C#N)s1. The highest BCUT2D eigenvalue weighted by atomic mass is 32.1. The van der Waals surface area contributed by atoms with Crippen LogP contribution in [0.1, 0.15) is 30.0 Å². The molecule has 0 aliphatic heterocycles. The van der Waals surface area contributed by atoms with Gasteiger partial charge in [-0.2, -0.15) is 5.26 Å². The Morgan fingerprint density at radius 2 is 2.25 bits per heavy atom. The van der Waals surface area contributed by atoms with Crippen LogP contribution in [0.4, 0.5) is 0 Å². The van der Waals surface area contributed by atoms with Crippen LogP contribution in [-0.4, -0.2) is 17.8 Å². The number of hydrogen-bond acceptors (Lipinski definition) is 4. The summed E-state index contributed by atoms with van der Waals surface area (Å²) in [5, 5.41) is 21.5. The Morgan fingerprint density at radius 3 is 2.81 bits per heavy atom. The molecule has 0 bridgehead atoms. The summed E-state index contributed by atoms with van der Waals surface area (Å²) in [6.45, 7) is 5.61. The van der Waals surface area contributed by atoms with E-state index < -0.39 is 0 Å². The van der Waals surface area contributed by atoms with Crippen molar-refractivity contribution < 1.29 is 5.11 Å². The molecule has 88 valence electrons. The summed E-state index contributed by atoms with van der Waals surface area (Å²) < 4.78 is 0. The lowest BCUT2D eigenvalue weighted by Gasteiger charge is -2.14. The largest absolute Gasteiger partial charge is 0.393 e. The Balaban J connectivity index is 2.19. The van der Waals surface area contributed by atoms with Crippen molar-refractivity contribution in [1.29, 1.82) is 5.26 Å². The fraction of sp³-hybridized carbons (Fsp3) is 0.583. The molecule has 0 saturated heterocycles. The first-order valence-corrected chi connectivity index (χ1v) is 6.32. The molecule has 0 amide bonds. The average Bonchev–Trinajstić information content (AvgIpc) is 2.71. The van der Waals surface area contributed by atoms with Crippen LogP contribution < -0.4 is 5.32 Å². The van der Waals surface area contributed by atoms with Gasteiger partial charge in [-0.3, -0.25) is 0 Å². The van der Waals surface area contributed by atoms with Crippen molar-refractivity contribution in [2.75, 3.05) is 6.54 Å². The number of aliphatic hydroxyl groups is 1. The second-order valence-corrected chi connectivity index (χ2v) is 5.32. The van der Waals surface area contributed by atoms with Gasteiger partial charge in [-0.25, -0.2) is 0 Å². The van der Waals surface area contributed by atoms with Crippen LogP contribution in [0.5, 0.6) is 0 Å². The van der Waals surface area contributed by atoms with E-state index in [1.807, 2.05) is 26.0 Å². The Hall–Kier alpha value is -0.890. The Labute approximate surface area is 101 Å². The second kappa shape index (κ2) is 6.64. The minimum absolute atomic E-state index is 0.231. The highest BCUT2D eigenvalue weighted by Gasteiger charge is 2.07. The van der Waals surface area contributed by atoms with Crippen LogP contribution in [0.15, 0.2) is 12.1 Å². The zero-order valence-electron chi connectivity index (χ0n) is 9.73. The fourth-order valence-corrected chi connectivity index (χ4v) is 2.10. The van der Waals surface area contributed by atoms with E-state index in [4.69, 9.17) is 5.26 Å². The van der Waals surface area contributed by atoms with Crippen molar-refractivity contribution in [3.8, 4) is 6.07 Å². The van der Waals surface area contributed by atoms with Gasteiger partial charge in [0.15, 0.2) is 0 Å². The lowest BCUT2D eigenvalue weighted by atomic mass is 10.0. The van der Waals surface area contributed by atoms with Gasteiger partial charge < -0.3 is 10.4 Å². The Morgan fingerprint density at radius 1 is 1.50 bits per heavy atom. The molecule has 1 rings (SSSR count). The van der Waals surface area contributed by atoms with Crippen molar-refractivity contribution in [2.45, 2.75) is 32.9 Å². The Bertz CT molecular complexity index is 354. The van der Waals surface area contributed by atoms with E-state index in [9.17, 15) is 5.11 Å². The maximum atomic E-state index is 9.59. The molecule has 1 heterocycles. The first-order valence-electron chi connectivity index (χ1n) is 5.51. The molecule has 0 aromatic carbocycles. The number of hydrogen-bond donors (Lipinski definition) is 2. The van der Waals surface area contributed by atoms with Crippen molar-refractivity contribution in [3.63, 3.8) is 0 Å². The highest BCUT2D eigenvalue weighted by Crippen LogP contribution is 2.14. The van der Waals surface area contributed by atoms with Crippen LogP contribution in [0.3, 0.4) is 0 Å². The van der Waals surface area contributed by atoms with Crippen LogP contribution in [0.2, 0.25) is 0 Å². The van der Waals surface area contributed by atoms with Crippen LogP contribution >= 0.6 is 11.3 Å². The third kappa shape index (κ3) is 4.31. The molecule has 3 nitrogen and oxygen atoms in total. The van der Waals surface area contributed by atoms with Crippen molar-refractivity contribution in [3.05, 3.63) is 21.9 Å². The monoisotopic (exact) mass is 238 g/mol. The summed E-state index contributed by atoms with van der Waals surface area (Å²) in [6.07, 6.45) is 0.541. The van der Waals surface area contributed by atoms with Crippen molar-refractivity contribution in [1.82, 2.24) is 5.32 Å². The topological polar surface area (TPSA) is 56.0 Å². The number of nitriles is 1. The van der Waals surface area contributed by atoms with Gasteiger partial charge in [0.05, 0.1) is 6.10 Å². The molecule has 0 aliphatic carbocycles. The van der Waals surface area contributed by atoms with Crippen LogP contribution in [-0.2, 0) is 6.54 Å². The first-order chi connectivity index (χ1) is 7.63. The smallest absolute Gasteiger partial charge is 0.110 e. The van der Waals surface area contributed by atoms with Crippen molar-refractivity contribution in [2.24, 2.45) is 5.92 Å². The van der Waals surface area contributed by atoms with E-state index in [2.05, 4.69) is 11.4 Å². The molecule has 4 heteroatoms. The van der Waals surface area contributed by atoms with Crippen molar-refractivity contribution >= 4 is 11.3 Å². The molecule has 1 atom stereocenters. The number of nitrogens with one attached hydrogen (secondary N) is 1. The van der Waals surface area contributed by atoms with Gasteiger partial charge in [0, 0.05) is 11.4 Å². The average molecular weight is 238 g/mol. The van der Waals surface area contributed by atoms with Crippen LogP contribution in [0, 0.1) is 17.2 Å². The standard InChI is InChI=1S/C12H18N2OS/c1-9(2)12(15)5-6-14-8-11-4-3-10(7-13)16-11/h3-4,9,12,14-15H,5-6,8H2,1-2H3. The summed E-state index contributed by atoms with van der Waals surface area (Å²) in [5.74, 6) is 0.314. The minimum Gasteiger partial charge on any atom is -0.393 e. The Kier molecular flexibility index (Phi) is 5.47. The molecular formula is C12H18N2OS. The maximum Gasteiger partial charge on any atom is 0.110 e. The molecule has 0 aliphatic rings. The quantitative estimate of drug-likeness (QED) is 0.746. The molecule has 0 radical (unpaired) electrons. The number of thiophene rings is 1. The molecular weight excluding hydrogens is 220 g/mol. The van der Waals surface area contributed by atoms with E-state index in [0.29, 0.717) is 5.92 Å². The summed E-state index contributed by atoms with van der Waals surface area (Å²) >= 11 is 1.51. The summed E-state index contributed by atoms with van der Waals surface area (Å²) in [5.41, 5.74) is 0. The minimum atomic E-state index is -0.231. The van der Waals surface area contributed by atoms with Gasteiger partial charge >= 0.3 is 0 Å². The van der Waals surface area contributed by atoms with Gasteiger partial charge in [0.2, 0.25) is 0 Å². The molecule has 1 aromatic rings. The molecule has 2 N–H and O–H groups in total. The van der Waals surface area contributed by atoms with E-state index in [1.54, 1.807) is 0 Å². The number of rotatable bonds is 6. The molecule has 1 unspecified atom stereocenters. The molecule has 16 heavy (non-hydrogen) atoms. The molecule has 0 spiro atoms. The summed E-state index contributed by atoms with van der Waals surface area (Å²) in [4.78, 5) is 1.91. The zero-order valence-corrected chi connectivity index (χ0v) is 10.5. The van der Waals surface area contributed by atoms with E-state index in [-0.39, 0.29) is 6.10 Å². The van der Waals surface area contributed by atoms with Crippen LogP contribution in [0.25, 0.3) is 0 Å². The number of nitrogens with zero attached hydrogens (tertiary/aromatic N) is 1. The lowest BCUT2D eigenvalue weighted by Crippen LogP contribution is -2.23. The molecule has 1 aromatic heterocycles. The van der Waals surface area contributed by atoms with E-state index in [0.717, 1.165) is 29.3 Å². The molecule has 0 fully saturated rings. The normalized spacial score (nSPS) is 12.7. The maximum absolute atomic E-state index is 9.59. The number of aliphatic hydroxyl groups excluding tert-OH is 1. The van der Waals surface area contributed by atoms with Gasteiger partial charge in [-0.05, 0) is 31.0 Å². The zero-order chi connectivity index (χ0) is 12.0. The third-order valence-corrected chi connectivity index (χ3v) is 3.45. The lowest BCUT2D eigenvalue weighted by molar-refractivity contribution is 0.116. The predicted molar refractivity (Wildman–Crippen MR) is 66.2 cm³/mol. The third-order valence-electron chi connectivity index (χ3n) is 2.46. The van der Waals surface area contributed by atoms with Gasteiger partial charge in [-0.15, -0.1) is 11.3 Å². The highest BCUT2D eigenvalue weighted by molar-refractivity contribution is 7.12. The van der Waals surface area contributed by atoms with Gasteiger partial charge in [0.1, 0.15) is 10.9 Å². The predicted octanol–water partition coefficient (Wildman–Crippen LogP) is 2.12. The second-order valence-electron chi connectivity index (χ2n) is 4.15. The summed E-state index contributed by atoms with van der Waals surface area (Å²) in [7, 11) is 0.